The number of nitrogens with one attached hydrogen (secondary N) is 1. The van der Waals surface area contributed by atoms with Gasteiger partial charge in [-0.05, 0) is 54.0 Å². The molecule has 126 valence electrons. The van der Waals surface area contributed by atoms with Crippen molar-refractivity contribution in [3.63, 3.8) is 0 Å². The van der Waals surface area contributed by atoms with E-state index < -0.39 is 0 Å². The third-order valence-corrected chi connectivity index (χ3v) is 4.72. The molecule has 0 saturated carbocycles. The van der Waals surface area contributed by atoms with E-state index in [0.717, 1.165) is 41.2 Å². The second kappa shape index (κ2) is 6.30. The number of nitrogens with zero attached hydrogens (tertiary/aromatic N) is 1. The molecule has 4 rings (SSSR count). The van der Waals surface area contributed by atoms with E-state index >= 15 is 0 Å². The summed E-state index contributed by atoms with van der Waals surface area (Å²) in [6.45, 7) is 0.774. The highest BCUT2D eigenvalue weighted by Crippen LogP contribution is 2.29. The maximum atomic E-state index is 6.06. The van der Waals surface area contributed by atoms with E-state index in [9.17, 15) is 0 Å². The zero-order chi connectivity index (χ0) is 17.4. The van der Waals surface area contributed by atoms with Crippen molar-refractivity contribution in [3.05, 3.63) is 64.3 Å². The largest absolute Gasteiger partial charge is 0.497 e. The molecule has 0 fully saturated rings. The van der Waals surface area contributed by atoms with E-state index in [1.165, 1.54) is 10.9 Å². The number of nitrogen functional groups attached to an aromatic ring is 1. The summed E-state index contributed by atoms with van der Waals surface area (Å²) in [5.74, 6) is 0.840. The first-order chi connectivity index (χ1) is 12.2. The predicted octanol–water partition coefficient (Wildman–Crippen LogP) is 4.47. The predicted molar refractivity (Wildman–Crippen MR) is 105 cm³/mol. The maximum absolute atomic E-state index is 6.06. The number of methoxy groups -OCH3 is 1. The van der Waals surface area contributed by atoms with Crippen LogP contribution in [0.4, 0.5) is 5.69 Å². The number of hydrogen-bond donors (Lipinski definition) is 2. The van der Waals surface area contributed by atoms with Gasteiger partial charge < -0.3 is 15.5 Å². The van der Waals surface area contributed by atoms with Gasteiger partial charge in [0, 0.05) is 34.2 Å². The summed E-state index contributed by atoms with van der Waals surface area (Å²) in [7, 11) is 1.68. The van der Waals surface area contributed by atoms with Gasteiger partial charge in [0.25, 0.3) is 0 Å². The minimum atomic E-state index is 0.665. The van der Waals surface area contributed by atoms with Crippen molar-refractivity contribution < 1.29 is 4.74 Å². The summed E-state index contributed by atoms with van der Waals surface area (Å²) >= 11 is 6.06. The molecular weight excluding hydrogens is 334 g/mol. The molecule has 3 N–H and O–H groups in total. The van der Waals surface area contributed by atoms with Crippen molar-refractivity contribution in [1.29, 1.82) is 0 Å². The Balaban J connectivity index is 1.74. The first-order valence-electron chi connectivity index (χ1n) is 8.12. The van der Waals surface area contributed by atoms with Crippen LogP contribution in [0.3, 0.4) is 0 Å². The van der Waals surface area contributed by atoms with Crippen molar-refractivity contribution in [2.24, 2.45) is 4.99 Å². The van der Waals surface area contributed by atoms with Crippen LogP contribution in [-0.2, 0) is 6.42 Å². The first kappa shape index (κ1) is 15.8. The van der Waals surface area contributed by atoms with E-state index in [-0.39, 0.29) is 0 Å². The highest BCUT2D eigenvalue weighted by molar-refractivity contribution is 6.30. The van der Waals surface area contributed by atoms with Crippen LogP contribution in [0.5, 0.6) is 5.75 Å². The molecule has 0 spiro atoms. The van der Waals surface area contributed by atoms with Crippen molar-refractivity contribution in [3.8, 4) is 5.75 Å². The Labute approximate surface area is 151 Å². The second-order valence-corrected chi connectivity index (χ2v) is 6.45. The van der Waals surface area contributed by atoms with Gasteiger partial charge in [-0.25, -0.2) is 0 Å². The summed E-state index contributed by atoms with van der Waals surface area (Å²) in [4.78, 5) is 8.15. The molecule has 25 heavy (non-hydrogen) atoms. The van der Waals surface area contributed by atoms with E-state index in [4.69, 9.17) is 22.1 Å². The Morgan fingerprint density at radius 3 is 2.92 bits per heavy atom. The Bertz CT molecular complexity index is 1020. The molecule has 1 aliphatic rings. The number of halogens is 1. The smallest absolute Gasteiger partial charge is 0.120 e. The number of hydrogen-bond acceptors (Lipinski definition) is 3. The fourth-order valence-corrected chi connectivity index (χ4v) is 3.38. The average molecular weight is 352 g/mol. The number of benzene rings is 2. The molecule has 5 heteroatoms. The Kier molecular flexibility index (Phi) is 3.98. The highest BCUT2D eigenvalue weighted by atomic mass is 35.5. The van der Waals surface area contributed by atoms with Crippen LogP contribution >= 0.6 is 11.6 Å². The molecular formula is C20H18ClN3O. The van der Waals surface area contributed by atoms with E-state index in [0.29, 0.717) is 10.7 Å². The molecule has 0 radical (unpaired) electrons. The van der Waals surface area contributed by atoms with Gasteiger partial charge in [0.1, 0.15) is 5.75 Å². The summed E-state index contributed by atoms with van der Waals surface area (Å²) < 4.78 is 5.32. The van der Waals surface area contributed by atoms with Crippen LogP contribution in [0.15, 0.2) is 47.5 Å². The van der Waals surface area contributed by atoms with E-state index in [1.807, 2.05) is 36.4 Å². The summed E-state index contributed by atoms with van der Waals surface area (Å²) in [6.07, 6.45) is 4.88. The van der Waals surface area contributed by atoms with Gasteiger partial charge in [-0.3, -0.25) is 4.99 Å². The molecule has 0 saturated heterocycles. The molecule has 0 unspecified atom stereocenters. The normalized spacial score (nSPS) is 13.9. The van der Waals surface area contributed by atoms with Gasteiger partial charge in [-0.2, -0.15) is 0 Å². The lowest BCUT2D eigenvalue weighted by Gasteiger charge is -2.10. The lowest BCUT2D eigenvalue weighted by Crippen LogP contribution is -2.10. The van der Waals surface area contributed by atoms with Gasteiger partial charge >= 0.3 is 0 Å². The topological polar surface area (TPSA) is 63.4 Å². The molecule has 2 heterocycles. The van der Waals surface area contributed by atoms with E-state index in [2.05, 4.69) is 16.0 Å². The standard InChI is InChI=1S/C20H18ClN3O/c1-25-14-4-5-15-16-8-9-23-18(20(16)24-19(15)11-14)7-2-12-10-13(21)3-6-17(12)22/h2-7,10-11,24H,8-9,22H2,1H3/b7-2+. The fourth-order valence-electron chi connectivity index (χ4n) is 3.20. The summed E-state index contributed by atoms with van der Waals surface area (Å²) in [5, 5.41) is 1.89. The second-order valence-electron chi connectivity index (χ2n) is 6.01. The molecule has 0 atom stereocenters. The molecule has 0 aliphatic carbocycles. The number of aromatic amines is 1. The van der Waals surface area contributed by atoms with Crippen molar-refractivity contribution in [2.75, 3.05) is 19.4 Å². The molecule has 3 aromatic rings. The Hall–Kier alpha value is -2.72. The van der Waals surface area contributed by atoms with Crippen LogP contribution in [0.25, 0.3) is 17.0 Å². The van der Waals surface area contributed by atoms with Gasteiger partial charge in [-0.15, -0.1) is 0 Å². The third-order valence-electron chi connectivity index (χ3n) is 4.48. The molecule has 1 aliphatic heterocycles. The first-order valence-corrected chi connectivity index (χ1v) is 8.50. The number of aromatic nitrogens is 1. The number of H-pyrrole nitrogens is 1. The molecule has 2 aromatic carbocycles. The third kappa shape index (κ3) is 2.89. The fraction of sp³-hybridized carbons (Fsp3) is 0.150. The molecule has 4 nitrogen and oxygen atoms in total. The van der Waals surface area contributed by atoms with Gasteiger partial charge in [0.05, 0.1) is 18.5 Å². The lowest BCUT2D eigenvalue weighted by molar-refractivity contribution is 0.415. The quantitative estimate of drug-likeness (QED) is 0.684. The summed E-state index contributed by atoms with van der Waals surface area (Å²) in [6, 6.07) is 11.6. The van der Waals surface area contributed by atoms with Crippen LogP contribution in [0, 0.1) is 0 Å². The zero-order valence-corrected chi connectivity index (χ0v) is 14.6. The van der Waals surface area contributed by atoms with Crippen LogP contribution < -0.4 is 10.5 Å². The number of rotatable bonds is 3. The maximum Gasteiger partial charge on any atom is 0.120 e. The molecule has 1 aromatic heterocycles. The van der Waals surface area contributed by atoms with E-state index in [1.54, 1.807) is 13.2 Å². The Morgan fingerprint density at radius 1 is 1.20 bits per heavy atom. The van der Waals surface area contributed by atoms with Crippen molar-refractivity contribution in [2.45, 2.75) is 6.42 Å². The number of anilines is 1. The van der Waals surface area contributed by atoms with Crippen molar-refractivity contribution >= 4 is 40.0 Å². The number of fused-ring (bicyclic) bond motifs is 3. The SMILES string of the molecule is COc1ccc2c3c([nH]c2c1)C(/C=C/c1cc(Cl)ccc1N)=NCC3. The van der Waals surface area contributed by atoms with Gasteiger partial charge in [-0.1, -0.05) is 17.7 Å². The van der Waals surface area contributed by atoms with Crippen molar-refractivity contribution in [1.82, 2.24) is 4.98 Å². The number of ether oxygens (including phenoxy) is 1. The van der Waals surface area contributed by atoms with Crippen LogP contribution in [0.1, 0.15) is 16.8 Å². The summed E-state index contributed by atoms with van der Waals surface area (Å²) in [5.41, 5.74) is 12.0. The Morgan fingerprint density at radius 2 is 2.08 bits per heavy atom. The molecule has 0 amide bonds. The minimum absolute atomic E-state index is 0.665. The number of nitrogens with two attached hydrogens (primary N) is 1. The molecule has 0 bridgehead atoms. The number of allylic oxidation sites excluding steroid dienone is 1. The highest BCUT2D eigenvalue weighted by Gasteiger charge is 2.18. The van der Waals surface area contributed by atoms with Crippen LogP contribution in [-0.4, -0.2) is 24.4 Å². The number of aliphatic imine (C=N–C) groups is 1. The van der Waals surface area contributed by atoms with Crippen LogP contribution in [0.2, 0.25) is 5.02 Å². The van der Waals surface area contributed by atoms with Gasteiger partial charge in [0.2, 0.25) is 0 Å². The average Bonchev–Trinajstić information content (AvgIpc) is 3.00. The van der Waals surface area contributed by atoms with Gasteiger partial charge in [0.15, 0.2) is 0 Å². The monoisotopic (exact) mass is 351 g/mol. The lowest BCUT2D eigenvalue weighted by atomic mass is 10.0. The minimum Gasteiger partial charge on any atom is -0.497 e. The zero-order valence-electron chi connectivity index (χ0n) is 13.8.